The topological polar surface area (TPSA) is 56.1 Å². The molecule has 1 aliphatic rings. The molecule has 0 heterocycles. The lowest BCUT2D eigenvalue weighted by atomic mass is 10.1. The minimum absolute atomic E-state index is 0.00769. The van der Waals surface area contributed by atoms with Crippen LogP contribution < -0.4 is 5.32 Å². The van der Waals surface area contributed by atoms with Crippen molar-refractivity contribution in [2.75, 3.05) is 0 Å². The maximum atomic E-state index is 11.5. The van der Waals surface area contributed by atoms with Gasteiger partial charge in [-0.2, -0.15) is 9.57 Å². The van der Waals surface area contributed by atoms with Crippen LogP contribution in [0.25, 0.3) is 0 Å². The predicted molar refractivity (Wildman–Crippen MR) is 62.5 cm³/mol. The number of fused-ring (bicyclic) bond motifs is 1. The van der Waals surface area contributed by atoms with Crippen molar-refractivity contribution in [2.24, 2.45) is 0 Å². The van der Waals surface area contributed by atoms with Crippen molar-refractivity contribution in [1.82, 2.24) is 9.62 Å². The molecule has 1 N–H and O–H groups in total. The number of hydrogen-bond donors (Lipinski definition) is 2. The molecule has 0 radical (unpaired) electrons. The molecule has 5 heteroatoms. The smallest absolute Gasteiger partial charge is 0.330 e. The minimum atomic E-state index is -0.479. The van der Waals surface area contributed by atoms with Gasteiger partial charge in [-0.3, -0.25) is 0 Å². The number of amides is 2. The van der Waals surface area contributed by atoms with Gasteiger partial charge in [0.05, 0.1) is 6.04 Å². The highest BCUT2D eigenvalue weighted by atomic mass is 32.1. The Labute approximate surface area is 99.4 Å². The van der Waals surface area contributed by atoms with Crippen LogP contribution in [-0.2, 0) is 6.42 Å². The van der Waals surface area contributed by atoms with Gasteiger partial charge < -0.3 is 5.32 Å². The first-order valence-electron chi connectivity index (χ1n) is 4.99. The highest BCUT2D eigenvalue weighted by Crippen LogP contribution is 2.30. The third-order valence-corrected chi connectivity index (χ3v) is 2.99. The number of nitrogens with one attached hydrogen (secondary N) is 1. The molecule has 1 aliphatic carbocycles. The molecule has 4 nitrogen and oxygen atoms in total. The highest BCUT2D eigenvalue weighted by molar-refractivity contribution is 7.78. The van der Waals surface area contributed by atoms with Crippen molar-refractivity contribution in [2.45, 2.75) is 18.9 Å². The summed E-state index contributed by atoms with van der Waals surface area (Å²) in [6.07, 6.45) is 3.48. The second kappa shape index (κ2) is 4.45. The Morgan fingerprint density at radius 2 is 2.31 bits per heavy atom. The summed E-state index contributed by atoms with van der Waals surface area (Å²) in [5.41, 5.74) is 2.39. The summed E-state index contributed by atoms with van der Waals surface area (Å²) in [5.74, 6) is 0. The van der Waals surface area contributed by atoms with E-state index in [9.17, 15) is 4.79 Å². The van der Waals surface area contributed by atoms with E-state index in [1.165, 1.54) is 5.56 Å². The fourth-order valence-electron chi connectivity index (χ4n) is 1.96. The fourth-order valence-corrected chi connectivity index (χ4v) is 2.02. The molecule has 1 aromatic carbocycles. The van der Waals surface area contributed by atoms with Gasteiger partial charge in [0.25, 0.3) is 0 Å². The molecule has 0 saturated carbocycles. The number of rotatable bonds is 1. The zero-order valence-electron chi connectivity index (χ0n) is 8.55. The van der Waals surface area contributed by atoms with Gasteiger partial charge >= 0.3 is 6.03 Å². The Kier molecular flexibility index (Phi) is 3.02. The predicted octanol–water partition coefficient (Wildman–Crippen LogP) is 2.01. The maximum absolute atomic E-state index is 11.5. The Balaban J connectivity index is 2.10. The molecular formula is C11H11N3OS. The van der Waals surface area contributed by atoms with Crippen LogP contribution in [0, 0.1) is 11.5 Å². The Morgan fingerprint density at radius 3 is 3.06 bits per heavy atom. The molecule has 16 heavy (non-hydrogen) atoms. The van der Waals surface area contributed by atoms with E-state index in [2.05, 4.69) is 24.2 Å². The molecule has 1 aromatic rings. The van der Waals surface area contributed by atoms with E-state index in [-0.39, 0.29) is 6.04 Å². The fraction of sp³-hybridized carbons (Fsp3) is 0.273. The van der Waals surface area contributed by atoms with Gasteiger partial charge in [0.1, 0.15) is 0 Å². The molecule has 0 spiro atoms. The summed E-state index contributed by atoms with van der Waals surface area (Å²) in [6.45, 7) is 0. The number of benzene rings is 1. The average Bonchev–Trinajstić information content (AvgIpc) is 2.72. The number of carbonyl (C=O) groups excluding carboxylic acids is 1. The van der Waals surface area contributed by atoms with Crippen molar-refractivity contribution in [3.05, 3.63) is 35.4 Å². The number of hydrogen-bond acceptors (Lipinski definition) is 3. The molecule has 2 amide bonds. The normalized spacial score (nSPS) is 17.4. The van der Waals surface area contributed by atoms with Crippen LogP contribution in [0.2, 0.25) is 0 Å². The van der Waals surface area contributed by atoms with E-state index in [0.29, 0.717) is 4.31 Å². The van der Waals surface area contributed by atoms with Crippen LogP contribution in [0.5, 0.6) is 0 Å². The molecule has 2 rings (SSSR count). The summed E-state index contributed by atoms with van der Waals surface area (Å²) in [6, 6.07) is 7.52. The van der Waals surface area contributed by atoms with E-state index in [4.69, 9.17) is 5.26 Å². The molecule has 0 aliphatic heterocycles. The zero-order valence-corrected chi connectivity index (χ0v) is 9.45. The molecule has 0 saturated heterocycles. The SMILES string of the molecule is N#CN(S)C(=O)NC1CCc2ccccc21. The lowest BCUT2D eigenvalue weighted by Gasteiger charge is -2.15. The maximum Gasteiger partial charge on any atom is 0.341 e. The number of urea groups is 1. The summed E-state index contributed by atoms with van der Waals surface area (Å²) < 4.78 is 0.695. The van der Waals surface area contributed by atoms with Crippen LogP contribution in [0.1, 0.15) is 23.6 Å². The number of aryl methyl sites for hydroxylation is 1. The minimum Gasteiger partial charge on any atom is -0.330 e. The van der Waals surface area contributed by atoms with Crippen molar-refractivity contribution >= 4 is 18.8 Å². The molecule has 1 unspecified atom stereocenters. The van der Waals surface area contributed by atoms with Crippen LogP contribution in [0.4, 0.5) is 4.79 Å². The summed E-state index contributed by atoms with van der Waals surface area (Å²) in [4.78, 5) is 11.5. The number of nitriles is 1. The van der Waals surface area contributed by atoms with E-state index in [1.807, 2.05) is 18.2 Å². The summed E-state index contributed by atoms with van der Waals surface area (Å²) >= 11 is 3.73. The molecule has 1 atom stereocenters. The number of thiol groups is 1. The average molecular weight is 233 g/mol. The van der Waals surface area contributed by atoms with E-state index >= 15 is 0 Å². The van der Waals surface area contributed by atoms with Gasteiger partial charge in [0.15, 0.2) is 6.19 Å². The number of nitrogens with zero attached hydrogens (tertiary/aromatic N) is 2. The van der Waals surface area contributed by atoms with Gasteiger partial charge in [-0.05, 0) is 36.8 Å². The third-order valence-electron chi connectivity index (χ3n) is 2.72. The Morgan fingerprint density at radius 1 is 1.56 bits per heavy atom. The van der Waals surface area contributed by atoms with Gasteiger partial charge in [0.2, 0.25) is 0 Å². The van der Waals surface area contributed by atoms with Crippen LogP contribution in [0.15, 0.2) is 24.3 Å². The first kappa shape index (κ1) is 10.8. The van der Waals surface area contributed by atoms with Crippen molar-refractivity contribution in [1.29, 1.82) is 5.26 Å². The first-order valence-corrected chi connectivity index (χ1v) is 5.39. The Bertz CT molecular complexity index is 455. The summed E-state index contributed by atoms with van der Waals surface area (Å²) in [7, 11) is 0. The van der Waals surface area contributed by atoms with Crippen molar-refractivity contribution < 1.29 is 4.79 Å². The quantitative estimate of drug-likeness (QED) is 0.443. The van der Waals surface area contributed by atoms with Crippen LogP contribution in [-0.4, -0.2) is 10.3 Å². The zero-order chi connectivity index (χ0) is 11.5. The molecule has 0 bridgehead atoms. The van der Waals surface area contributed by atoms with E-state index in [0.717, 1.165) is 18.4 Å². The van der Waals surface area contributed by atoms with Gasteiger partial charge in [0, 0.05) is 0 Å². The second-order valence-corrected chi connectivity index (χ2v) is 4.05. The molecule has 82 valence electrons. The van der Waals surface area contributed by atoms with E-state index < -0.39 is 6.03 Å². The van der Waals surface area contributed by atoms with Crippen molar-refractivity contribution in [3.63, 3.8) is 0 Å². The first-order chi connectivity index (χ1) is 7.72. The summed E-state index contributed by atoms with van der Waals surface area (Å²) in [5, 5.41) is 11.3. The standard InChI is InChI=1S/C11H11N3OS/c12-7-14(16)11(15)13-10-6-5-8-3-1-2-4-9(8)10/h1-4,10,16H,5-6H2,(H,13,15). The van der Waals surface area contributed by atoms with Crippen LogP contribution in [0.3, 0.4) is 0 Å². The molecule has 0 fully saturated rings. The van der Waals surface area contributed by atoms with Gasteiger partial charge in [-0.15, -0.1) is 0 Å². The van der Waals surface area contributed by atoms with Gasteiger partial charge in [-0.25, -0.2) is 4.79 Å². The second-order valence-electron chi connectivity index (χ2n) is 3.65. The molecule has 0 aromatic heterocycles. The van der Waals surface area contributed by atoms with E-state index in [1.54, 1.807) is 6.19 Å². The third kappa shape index (κ3) is 1.97. The highest BCUT2D eigenvalue weighted by Gasteiger charge is 2.24. The van der Waals surface area contributed by atoms with Crippen LogP contribution >= 0.6 is 12.8 Å². The lowest BCUT2D eigenvalue weighted by Crippen LogP contribution is -2.33. The largest absolute Gasteiger partial charge is 0.341 e. The molecular weight excluding hydrogens is 222 g/mol. The number of carbonyl (C=O) groups is 1. The lowest BCUT2D eigenvalue weighted by molar-refractivity contribution is 0.230. The van der Waals surface area contributed by atoms with Crippen molar-refractivity contribution in [3.8, 4) is 6.19 Å². The monoisotopic (exact) mass is 233 g/mol. The Hall–Kier alpha value is -1.67. The van der Waals surface area contributed by atoms with Gasteiger partial charge in [-0.1, -0.05) is 24.3 Å².